The van der Waals surface area contributed by atoms with Crippen LogP contribution in [-0.2, 0) is 28.5 Å². The Balaban J connectivity index is 0.772. The van der Waals surface area contributed by atoms with E-state index < -0.39 is 24.3 Å². The van der Waals surface area contributed by atoms with Crippen molar-refractivity contribution in [2.24, 2.45) is 0 Å². The maximum absolute atomic E-state index is 14.4. The van der Waals surface area contributed by atoms with Gasteiger partial charge in [0.25, 0.3) is 11.8 Å². The molecule has 4 saturated heterocycles. The number of fused-ring (bicyclic) bond motifs is 2. The number of carbonyl (C=O) groups excluding carboxylic acids is 4. The minimum absolute atomic E-state index is 0.217. The van der Waals surface area contributed by atoms with E-state index in [0.717, 1.165) is 70.1 Å². The Morgan fingerprint density at radius 1 is 0.583 bits per heavy atom. The molecule has 4 aliphatic heterocycles. The van der Waals surface area contributed by atoms with E-state index >= 15 is 0 Å². The first-order valence-corrected chi connectivity index (χ1v) is 25.1. The van der Waals surface area contributed by atoms with E-state index in [4.69, 9.17) is 33.9 Å². The number of aromatic amines is 2. The molecule has 0 bridgehead atoms. The van der Waals surface area contributed by atoms with Crippen molar-refractivity contribution in [2.45, 2.75) is 87.7 Å². The molecular weight excluding hydrogens is 915 g/mol. The van der Waals surface area contributed by atoms with E-state index in [1.165, 1.54) is 0 Å². The summed E-state index contributed by atoms with van der Waals surface area (Å²) >= 11 is 0. The van der Waals surface area contributed by atoms with Crippen LogP contribution in [0.2, 0.25) is 0 Å². The number of carbonyl (C=O) groups is 4. The molecule has 7 heterocycles. The molecule has 4 aliphatic rings. The zero-order chi connectivity index (χ0) is 49.0. The summed E-state index contributed by atoms with van der Waals surface area (Å²) in [5.74, 6) is 0.938. The fraction of sp³-hybridized carbons (Fsp3) is 0.364. The van der Waals surface area contributed by atoms with Crippen LogP contribution < -0.4 is 10.6 Å². The lowest BCUT2D eigenvalue weighted by Crippen LogP contribution is -2.44. The Bertz CT molecular complexity index is 3060. The number of aromatic nitrogens is 5. The smallest absolute Gasteiger partial charge is 0.408 e. The van der Waals surface area contributed by atoms with Gasteiger partial charge in [0.2, 0.25) is 0 Å². The molecule has 0 aliphatic carbocycles. The summed E-state index contributed by atoms with van der Waals surface area (Å²) in [6.07, 6.45) is 5.58. The number of rotatable bonds is 12. The lowest BCUT2D eigenvalue weighted by Gasteiger charge is -2.29. The van der Waals surface area contributed by atoms with Gasteiger partial charge in [-0.05, 0) is 67.1 Å². The number of hydrogen-bond acceptors (Lipinski definition) is 11. The molecule has 7 aromatic rings. The second kappa shape index (κ2) is 21.0. The normalized spacial score (nSPS) is 19.6. The fourth-order valence-corrected chi connectivity index (χ4v) is 10.5. The van der Waals surface area contributed by atoms with E-state index in [1.807, 2.05) is 107 Å². The van der Waals surface area contributed by atoms with Gasteiger partial charge in [0.1, 0.15) is 35.9 Å². The molecule has 0 spiro atoms. The maximum Gasteiger partial charge on any atom is 0.408 e. The lowest BCUT2D eigenvalue weighted by atomic mass is 10.0. The van der Waals surface area contributed by atoms with Crippen molar-refractivity contribution in [1.82, 2.24) is 45.4 Å². The van der Waals surface area contributed by atoms with Crippen molar-refractivity contribution in [3.8, 4) is 22.5 Å². The maximum atomic E-state index is 14.4. The number of alkyl carbamates (subject to hydrolysis) is 2. The highest BCUT2D eigenvalue weighted by Gasteiger charge is 2.39. The van der Waals surface area contributed by atoms with Gasteiger partial charge < -0.3 is 49.3 Å². The number of nitrogens with one attached hydrogen (secondary N) is 4. The van der Waals surface area contributed by atoms with Gasteiger partial charge in [0, 0.05) is 55.3 Å². The van der Waals surface area contributed by atoms with Crippen LogP contribution in [0.3, 0.4) is 0 Å². The van der Waals surface area contributed by atoms with Crippen LogP contribution in [0, 0.1) is 0 Å². The number of H-pyrrole nitrogens is 2. The Morgan fingerprint density at radius 2 is 1.14 bits per heavy atom. The average molecular weight is 972 g/mol. The van der Waals surface area contributed by atoms with E-state index in [0.29, 0.717) is 88.0 Å². The highest BCUT2D eigenvalue weighted by molar-refractivity contribution is 5.90. The van der Waals surface area contributed by atoms with Crippen LogP contribution in [0.4, 0.5) is 9.59 Å². The van der Waals surface area contributed by atoms with Crippen LogP contribution in [0.25, 0.3) is 44.5 Å². The van der Waals surface area contributed by atoms with E-state index in [1.54, 1.807) is 6.20 Å². The van der Waals surface area contributed by atoms with Crippen molar-refractivity contribution in [3.63, 3.8) is 0 Å². The molecule has 3 aromatic heterocycles. The third-order valence-electron chi connectivity index (χ3n) is 14.3. The third kappa shape index (κ3) is 10.1. The summed E-state index contributed by atoms with van der Waals surface area (Å²) in [6.45, 7) is 3.20. The quantitative estimate of drug-likeness (QED) is 0.0911. The molecule has 17 heteroatoms. The molecule has 72 heavy (non-hydrogen) atoms. The molecular formula is C55H57N9O8. The molecule has 11 rings (SSSR count). The van der Waals surface area contributed by atoms with Crippen molar-refractivity contribution in [1.29, 1.82) is 0 Å². The van der Waals surface area contributed by atoms with Gasteiger partial charge in [0.05, 0.1) is 72.6 Å². The largest absolute Gasteiger partial charge is 0.446 e. The van der Waals surface area contributed by atoms with Crippen LogP contribution in [-0.4, -0.2) is 110 Å². The highest BCUT2D eigenvalue weighted by atomic mass is 16.6. The molecule has 0 unspecified atom stereocenters. The van der Waals surface area contributed by atoms with E-state index in [9.17, 15) is 19.2 Å². The zero-order valence-corrected chi connectivity index (χ0v) is 39.8. The molecule has 4 aromatic carbocycles. The van der Waals surface area contributed by atoms with E-state index in [-0.39, 0.29) is 36.1 Å². The van der Waals surface area contributed by atoms with Crippen LogP contribution in [0.15, 0.2) is 115 Å². The predicted molar refractivity (Wildman–Crippen MR) is 267 cm³/mol. The van der Waals surface area contributed by atoms with Gasteiger partial charge in [-0.2, -0.15) is 0 Å². The Hall–Kier alpha value is -7.63. The molecule has 4 fully saturated rings. The van der Waals surface area contributed by atoms with Crippen molar-refractivity contribution in [2.75, 3.05) is 39.5 Å². The standard InChI is InChI=1S/C55H57N9O8/c65-52(48(34-9-3-1-4-10-34)61-54(67)71-39-21-27-69-28-22-39)63-25-7-13-46(63)50-56-33-45(60-50)37-16-19-41-36(31-37)15-18-42(57-41)38-17-20-43-44(32-38)59-51(58-43)47-14-8-26-64(47)53(66)49(35-11-5-2-6-12-35)62-55(68)72-40-23-29-70-30-24-40/h1-6,9-12,15-20,31-33,39-40,46-49H,7-8,13-14,21-30H2,(H,56,60)(H,58,59)(H,61,67)(H,62,68)/t46-,47-,48+,49+/m0/s1. The van der Waals surface area contributed by atoms with Crippen LogP contribution >= 0.6 is 0 Å². The molecule has 370 valence electrons. The number of imidazole rings is 2. The minimum atomic E-state index is -0.924. The summed E-state index contributed by atoms with van der Waals surface area (Å²) in [5.41, 5.74) is 7.23. The SMILES string of the molecule is O=C(N[C@@H](C(=O)N1CCC[C@H]1c1ncc(-c2ccc3nc(-c4ccc5nc([C@@H]6CCCN6C(=O)[C@H](NC(=O)OC6CCOCC6)c6ccccc6)[nH]c5c4)ccc3c2)[nH]1)c1ccccc1)OC1CCOCC1. The van der Waals surface area contributed by atoms with Crippen LogP contribution in [0.5, 0.6) is 0 Å². The molecule has 0 saturated carbocycles. The number of ether oxygens (including phenoxy) is 4. The van der Waals surface area contributed by atoms with Crippen molar-refractivity contribution in [3.05, 3.63) is 138 Å². The summed E-state index contributed by atoms with van der Waals surface area (Å²) < 4.78 is 22.3. The number of nitrogens with zero attached hydrogens (tertiary/aromatic N) is 5. The third-order valence-corrected chi connectivity index (χ3v) is 14.3. The summed E-state index contributed by atoms with van der Waals surface area (Å²) in [5, 5.41) is 6.70. The Morgan fingerprint density at radius 3 is 1.74 bits per heavy atom. The summed E-state index contributed by atoms with van der Waals surface area (Å²) in [7, 11) is 0. The molecule has 4 N–H and O–H groups in total. The monoisotopic (exact) mass is 971 g/mol. The van der Waals surface area contributed by atoms with Gasteiger partial charge in [0.15, 0.2) is 0 Å². The van der Waals surface area contributed by atoms with Gasteiger partial charge in [-0.1, -0.05) is 78.9 Å². The Labute approximate surface area is 416 Å². The highest BCUT2D eigenvalue weighted by Crippen LogP contribution is 2.37. The number of hydrogen-bond donors (Lipinski definition) is 4. The average Bonchev–Trinajstić information content (AvgIpc) is 4.27. The first kappa shape index (κ1) is 46.7. The minimum Gasteiger partial charge on any atom is -0.446 e. The second-order valence-electron chi connectivity index (χ2n) is 18.9. The first-order valence-electron chi connectivity index (χ1n) is 25.1. The molecule has 17 nitrogen and oxygen atoms in total. The number of likely N-dealkylation sites (tertiary alicyclic amines) is 2. The first-order chi connectivity index (χ1) is 35.3. The number of pyridine rings is 1. The second-order valence-corrected chi connectivity index (χ2v) is 18.9. The van der Waals surface area contributed by atoms with Gasteiger partial charge in [-0.15, -0.1) is 0 Å². The van der Waals surface area contributed by atoms with Gasteiger partial charge in [-0.3, -0.25) is 9.59 Å². The van der Waals surface area contributed by atoms with Crippen LogP contribution in [0.1, 0.15) is 98.3 Å². The number of benzene rings is 4. The van der Waals surface area contributed by atoms with Crippen molar-refractivity contribution >= 4 is 45.9 Å². The molecule has 0 radical (unpaired) electrons. The summed E-state index contributed by atoms with van der Waals surface area (Å²) in [4.78, 5) is 80.5. The fourth-order valence-electron chi connectivity index (χ4n) is 10.5. The lowest BCUT2D eigenvalue weighted by molar-refractivity contribution is -0.135. The molecule has 4 amide bonds. The summed E-state index contributed by atoms with van der Waals surface area (Å²) in [6, 6.07) is 32.3. The van der Waals surface area contributed by atoms with Crippen molar-refractivity contribution < 1.29 is 38.1 Å². The topological polar surface area (TPSA) is 206 Å². The predicted octanol–water partition coefficient (Wildman–Crippen LogP) is 8.79. The Kier molecular flexibility index (Phi) is 13.6. The molecule has 4 atom stereocenters. The zero-order valence-electron chi connectivity index (χ0n) is 39.8. The van der Waals surface area contributed by atoms with Gasteiger partial charge >= 0.3 is 12.2 Å². The number of amides is 4. The van der Waals surface area contributed by atoms with E-state index in [2.05, 4.69) is 32.7 Å². The van der Waals surface area contributed by atoms with Gasteiger partial charge in [-0.25, -0.2) is 24.5 Å².